The summed E-state index contributed by atoms with van der Waals surface area (Å²) in [4.78, 5) is 0.412. The fourth-order valence-corrected chi connectivity index (χ4v) is 2.68. The second-order valence-corrected chi connectivity index (χ2v) is 6.92. The first-order valence-corrected chi connectivity index (χ1v) is 7.45. The van der Waals surface area contributed by atoms with Gasteiger partial charge in [0.15, 0.2) is 9.84 Å². The second kappa shape index (κ2) is 5.69. The highest BCUT2D eigenvalue weighted by Crippen LogP contribution is 2.18. The van der Waals surface area contributed by atoms with E-state index in [2.05, 4.69) is 0 Å². The second-order valence-electron chi connectivity index (χ2n) is 4.03. The van der Waals surface area contributed by atoms with Crippen molar-refractivity contribution in [1.29, 1.82) is 0 Å². The smallest absolute Gasteiger partial charge is 0.180 e. The predicted molar refractivity (Wildman–Crippen MR) is 67.8 cm³/mol. The maximum absolute atomic E-state index is 11.9. The van der Waals surface area contributed by atoms with E-state index in [-0.39, 0.29) is 5.25 Å². The summed E-state index contributed by atoms with van der Waals surface area (Å²) in [7, 11) is -3.16. The highest BCUT2D eigenvalue weighted by Gasteiger charge is 2.18. The Morgan fingerprint density at radius 3 is 2.56 bits per heavy atom. The topological polar surface area (TPSA) is 34.1 Å². The molecule has 0 amide bonds. The molecular formula is C12H17ClO2S. The molecule has 16 heavy (non-hydrogen) atoms. The molecule has 0 saturated carbocycles. The van der Waals surface area contributed by atoms with Crippen molar-refractivity contribution in [2.24, 2.45) is 0 Å². The first-order chi connectivity index (χ1) is 7.48. The molecule has 0 N–H and O–H groups in total. The van der Waals surface area contributed by atoms with E-state index in [9.17, 15) is 8.42 Å². The van der Waals surface area contributed by atoms with Crippen LogP contribution in [0.2, 0.25) is 0 Å². The zero-order valence-corrected chi connectivity index (χ0v) is 11.2. The van der Waals surface area contributed by atoms with Crippen molar-refractivity contribution in [3.8, 4) is 0 Å². The number of rotatable bonds is 5. The van der Waals surface area contributed by atoms with Crippen molar-refractivity contribution in [2.75, 3.05) is 5.88 Å². The van der Waals surface area contributed by atoms with Gasteiger partial charge in [-0.3, -0.25) is 0 Å². The van der Waals surface area contributed by atoms with E-state index < -0.39 is 9.84 Å². The number of benzene rings is 1. The van der Waals surface area contributed by atoms with Gasteiger partial charge in [-0.25, -0.2) is 8.42 Å². The van der Waals surface area contributed by atoms with Crippen LogP contribution >= 0.6 is 11.6 Å². The molecule has 0 heterocycles. The van der Waals surface area contributed by atoms with Crippen LogP contribution in [0.4, 0.5) is 0 Å². The molecule has 1 aromatic rings. The van der Waals surface area contributed by atoms with Crippen molar-refractivity contribution in [3.05, 3.63) is 29.8 Å². The van der Waals surface area contributed by atoms with Gasteiger partial charge in [0, 0.05) is 5.88 Å². The van der Waals surface area contributed by atoms with Crippen molar-refractivity contribution in [3.63, 3.8) is 0 Å². The summed E-state index contributed by atoms with van der Waals surface area (Å²) in [6.45, 7) is 3.39. The highest BCUT2D eigenvalue weighted by molar-refractivity contribution is 7.92. The minimum absolute atomic E-state index is 0.379. The molecule has 0 atom stereocenters. The van der Waals surface area contributed by atoms with E-state index in [1.54, 1.807) is 32.0 Å². The average Bonchev–Trinajstić information content (AvgIpc) is 2.26. The number of halogens is 1. The number of sulfone groups is 1. The summed E-state index contributed by atoms with van der Waals surface area (Å²) in [6.07, 6.45) is 1.69. The van der Waals surface area contributed by atoms with Crippen LogP contribution in [0.3, 0.4) is 0 Å². The monoisotopic (exact) mass is 260 g/mol. The zero-order chi connectivity index (χ0) is 12.2. The number of aryl methyl sites for hydroxylation is 1. The normalized spacial score (nSPS) is 12.0. The summed E-state index contributed by atoms with van der Waals surface area (Å²) >= 11 is 5.61. The predicted octanol–water partition coefficient (Wildman–Crippen LogP) is 3.04. The maximum Gasteiger partial charge on any atom is 0.180 e. The van der Waals surface area contributed by atoms with E-state index >= 15 is 0 Å². The van der Waals surface area contributed by atoms with E-state index in [0.29, 0.717) is 10.8 Å². The Bertz CT molecular complexity index is 438. The molecule has 0 aromatic heterocycles. The van der Waals surface area contributed by atoms with Crippen molar-refractivity contribution in [1.82, 2.24) is 0 Å². The summed E-state index contributed by atoms with van der Waals surface area (Å²) in [5.74, 6) is 0.598. The van der Waals surface area contributed by atoms with E-state index in [0.717, 1.165) is 18.4 Å². The lowest BCUT2D eigenvalue weighted by Crippen LogP contribution is -2.14. The molecule has 0 spiro atoms. The average molecular weight is 261 g/mol. The van der Waals surface area contributed by atoms with Gasteiger partial charge in [0.2, 0.25) is 0 Å². The van der Waals surface area contributed by atoms with Gasteiger partial charge in [-0.15, -0.1) is 11.6 Å². The minimum Gasteiger partial charge on any atom is -0.223 e. The van der Waals surface area contributed by atoms with Crippen LogP contribution in [0.5, 0.6) is 0 Å². The van der Waals surface area contributed by atoms with Gasteiger partial charge in [-0.2, -0.15) is 0 Å². The molecule has 0 bridgehead atoms. The molecule has 2 nitrogen and oxygen atoms in total. The quantitative estimate of drug-likeness (QED) is 0.763. The molecule has 0 fully saturated rings. The minimum atomic E-state index is -3.16. The standard InChI is InChI=1S/C12H17ClO2S/c1-10(2)16(14,15)12-7-3-5-11(9-12)6-4-8-13/h3,5,7,9-10H,4,6,8H2,1-2H3. The molecule has 0 aliphatic carbocycles. The Morgan fingerprint density at radius 2 is 2.00 bits per heavy atom. The van der Waals surface area contributed by atoms with Gasteiger partial charge in [0.25, 0.3) is 0 Å². The molecule has 90 valence electrons. The summed E-state index contributed by atoms with van der Waals surface area (Å²) < 4.78 is 23.9. The van der Waals surface area contributed by atoms with Crippen molar-refractivity contribution < 1.29 is 8.42 Å². The summed E-state index contributed by atoms with van der Waals surface area (Å²) in [5.41, 5.74) is 1.03. The first kappa shape index (κ1) is 13.5. The largest absolute Gasteiger partial charge is 0.223 e. The Hall–Kier alpha value is -0.540. The first-order valence-electron chi connectivity index (χ1n) is 5.37. The summed E-state index contributed by atoms with van der Waals surface area (Å²) in [6, 6.07) is 7.13. The van der Waals surface area contributed by atoms with Crippen molar-refractivity contribution in [2.45, 2.75) is 36.8 Å². The Kier molecular flexibility index (Phi) is 4.81. The number of alkyl halides is 1. The Morgan fingerprint density at radius 1 is 1.31 bits per heavy atom. The van der Waals surface area contributed by atoms with E-state index in [1.165, 1.54) is 0 Å². The lowest BCUT2D eigenvalue weighted by Gasteiger charge is -2.09. The molecular weight excluding hydrogens is 244 g/mol. The van der Waals surface area contributed by atoms with Crippen molar-refractivity contribution >= 4 is 21.4 Å². The van der Waals surface area contributed by atoms with Crippen LogP contribution in [0, 0.1) is 0 Å². The molecule has 1 aromatic carbocycles. The molecule has 1 rings (SSSR count). The molecule has 0 unspecified atom stereocenters. The van der Waals surface area contributed by atoms with Gasteiger partial charge >= 0.3 is 0 Å². The van der Waals surface area contributed by atoms with Crippen LogP contribution in [0.25, 0.3) is 0 Å². The van der Waals surface area contributed by atoms with Crippen LogP contribution in [0.15, 0.2) is 29.2 Å². The van der Waals surface area contributed by atoms with Gasteiger partial charge in [-0.1, -0.05) is 12.1 Å². The Balaban J connectivity index is 2.99. The molecule has 4 heteroatoms. The number of hydrogen-bond donors (Lipinski definition) is 0. The highest BCUT2D eigenvalue weighted by atomic mass is 35.5. The molecule has 0 aliphatic heterocycles. The van der Waals surface area contributed by atoms with E-state index in [1.807, 2.05) is 6.07 Å². The van der Waals surface area contributed by atoms with Crippen LogP contribution in [0.1, 0.15) is 25.8 Å². The van der Waals surface area contributed by atoms with E-state index in [4.69, 9.17) is 11.6 Å². The zero-order valence-electron chi connectivity index (χ0n) is 9.61. The van der Waals surface area contributed by atoms with Gasteiger partial charge in [0.1, 0.15) is 0 Å². The molecule has 0 saturated heterocycles. The third-order valence-electron chi connectivity index (χ3n) is 2.45. The Labute approximate surface area is 103 Å². The third kappa shape index (κ3) is 3.22. The van der Waals surface area contributed by atoms with Gasteiger partial charge < -0.3 is 0 Å². The maximum atomic E-state index is 11.9. The third-order valence-corrected chi connectivity index (χ3v) is 4.87. The van der Waals surface area contributed by atoms with Crippen LogP contribution in [-0.2, 0) is 16.3 Å². The fraction of sp³-hybridized carbons (Fsp3) is 0.500. The lowest BCUT2D eigenvalue weighted by molar-refractivity contribution is 0.587. The molecule has 0 radical (unpaired) electrons. The molecule has 0 aliphatic rings. The summed E-state index contributed by atoms with van der Waals surface area (Å²) in [5, 5.41) is -0.379. The lowest BCUT2D eigenvalue weighted by atomic mass is 10.1. The van der Waals surface area contributed by atoms with Gasteiger partial charge in [0.05, 0.1) is 10.1 Å². The van der Waals surface area contributed by atoms with Crippen LogP contribution in [-0.4, -0.2) is 19.5 Å². The number of hydrogen-bond acceptors (Lipinski definition) is 2. The van der Waals surface area contributed by atoms with Gasteiger partial charge in [-0.05, 0) is 44.4 Å². The van der Waals surface area contributed by atoms with Crippen LogP contribution < -0.4 is 0 Å². The fourth-order valence-electron chi connectivity index (χ4n) is 1.42. The SMILES string of the molecule is CC(C)S(=O)(=O)c1cccc(CCCCl)c1.